The van der Waals surface area contributed by atoms with Crippen LogP contribution in [-0.4, -0.2) is 40.1 Å². The molecule has 0 spiro atoms. The Morgan fingerprint density at radius 3 is 3.10 bits per heavy atom. The maximum atomic E-state index is 12.9. The molecular weight excluding hydrogens is 266 g/mol. The molecule has 112 valence electrons. The number of aliphatic hydroxyl groups excluding tert-OH is 1. The van der Waals surface area contributed by atoms with Crippen LogP contribution in [0.5, 0.6) is 0 Å². The third-order valence-corrected chi connectivity index (χ3v) is 4.29. The van der Waals surface area contributed by atoms with Gasteiger partial charge in [0.25, 0.3) is 5.91 Å². The number of benzene rings is 1. The van der Waals surface area contributed by atoms with Crippen molar-refractivity contribution in [3.8, 4) is 0 Å². The molecule has 4 N–H and O–H groups in total. The summed E-state index contributed by atoms with van der Waals surface area (Å²) >= 11 is 0. The molecule has 1 aromatic heterocycles. The Labute approximate surface area is 123 Å². The number of anilines is 1. The molecular formula is C16H21N3O2. The largest absolute Gasteiger partial charge is 0.399 e. The van der Waals surface area contributed by atoms with Crippen LogP contribution in [0.4, 0.5) is 5.69 Å². The van der Waals surface area contributed by atoms with E-state index in [0.717, 1.165) is 36.7 Å². The van der Waals surface area contributed by atoms with Crippen LogP contribution in [0.2, 0.25) is 0 Å². The standard InChI is InChI=1S/C16H21N3O2/c17-11-4-5-15-13(9-11)14(10-18-15)16(21)19-7-2-1-3-12(19)6-8-20/h4-5,9-10,12,18,20H,1-3,6-8,17H2. The molecule has 1 aliphatic heterocycles. The van der Waals surface area contributed by atoms with Crippen molar-refractivity contribution < 1.29 is 9.90 Å². The number of aliphatic hydroxyl groups is 1. The lowest BCUT2D eigenvalue weighted by molar-refractivity contribution is 0.0576. The van der Waals surface area contributed by atoms with Gasteiger partial charge in [-0.2, -0.15) is 0 Å². The van der Waals surface area contributed by atoms with Crippen LogP contribution in [-0.2, 0) is 0 Å². The summed E-state index contributed by atoms with van der Waals surface area (Å²) in [5.74, 6) is 0.0324. The van der Waals surface area contributed by atoms with Gasteiger partial charge in [0.2, 0.25) is 0 Å². The van der Waals surface area contributed by atoms with E-state index in [1.807, 2.05) is 23.1 Å². The van der Waals surface area contributed by atoms with Gasteiger partial charge < -0.3 is 20.7 Å². The Kier molecular flexibility index (Phi) is 3.84. The van der Waals surface area contributed by atoms with Gasteiger partial charge in [-0.15, -0.1) is 0 Å². The molecule has 3 rings (SSSR count). The molecule has 1 unspecified atom stereocenters. The lowest BCUT2D eigenvalue weighted by atomic mass is 9.98. The van der Waals surface area contributed by atoms with E-state index in [9.17, 15) is 9.90 Å². The van der Waals surface area contributed by atoms with E-state index in [4.69, 9.17) is 5.73 Å². The molecule has 21 heavy (non-hydrogen) atoms. The van der Waals surface area contributed by atoms with E-state index >= 15 is 0 Å². The minimum Gasteiger partial charge on any atom is -0.399 e. The van der Waals surface area contributed by atoms with Gasteiger partial charge in [-0.25, -0.2) is 0 Å². The molecule has 2 aromatic rings. The first-order valence-corrected chi connectivity index (χ1v) is 7.49. The van der Waals surface area contributed by atoms with Gasteiger partial charge in [-0.3, -0.25) is 4.79 Å². The molecule has 1 fully saturated rings. The number of nitrogens with two attached hydrogens (primary N) is 1. The normalized spacial score (nSPS) is 19.1. The number of H-pyrrole nitrogens is 1. The number of aromatic nitrogens is 1. The summed E-state index contributed by atoms with van der Waals surface area (Å²) in [6.45, 7) is 0.883. The van der Waals surface area contributed by atoms with E-state index in [0.29, 0.717) is 17.7 Å². The van der Waals surface area contributed by atoms with Crippen molar-refractivity contribution in [1.29, 1.82) is 0 Å². The molecule has 0 radical (unpaired) electrons. The van der Waals surface area contributed by atoms with Crippen molar-refractivity contribution in [3.05, 3.63) is 30.0 Å². The van der Waals surface area contributed by atoms with Gasteiger partial charge in [0.1, 0.15) is 0 Å². The number of fused-ring (bicyclic) bond motifs is 1. The van der Waals surface area contributed by atoms with Crippen molar-refractivity contribution in [1.82, 2.24) is 9.88 Å². The summed E-state index contributed by atoms with van der Waals surface area (Å²) in [7, 11) is 0. The highest BCUT2D eigenvalue weighted by Gasteiger charge is 2.28. The first-order valence-electron chi connectivity index (χ1n) is 7.49. The second kappa shape index (κ2) is 5.77. The predicted molar refractivity (Wildman–Crippen MR) is 83.1 cm³/mol. The fraction of sp³-hybridized carbons (Fsp3) is 0.438. The highest BCUT2D eigenvalue weighted by molar-refractivity contribution is 6.07. The molecule has 2 heterocycles. The monoisotopic (exact) mass is 287 g/mol. The Morgan fingerprint density at radius 1 is 1.43 bits per heavy atom. The summed E-state index contributed by atoms with van der Waals surface area (Å²) < 4.78 is 0. The molecule has 1 aliphatic rings. The van der Waals surface area contributed by atoms with E-state index < -0.39 is 0 Å². The van der Waals surface area contributed by atoms with Crippen LogP contribution in [0.3, 0.4) is 0 Å². The molecule has 1 aromatic carbocycles. The summed E-state index contributed by atoms with van der Waals surface area (Å²) in [4.78, 5) is 17.9. The number of hydrogen-bond acceptors (Lipinski definition) is 3. The number of nitrogen functional groups attached to an aromatic ring is 1. The molecule has 0 bridgehead atoms. The highest BCUT2D eigenvalue weighted by Crippen LogP contribution is 2.26. The van der Waals surface area contributed by atoms with Crippen LogP contribution in [0.1, 0.15) is 36.0 Å². The fourth-order valence-electron chi connectivity index (χ4n) is 3.19. The molecule has 5 heteroatoms. The van der Waals surface area contributed by atoms with Gasteiger partial charge >= 0.3 is 0 Å². The zero-order chi connectivity index (χ0) is 14.8. The maximum Gasteiger partial charge on any atom is 0.256 e. The average molecular weight is 287 g/mol. The molecule has 1 amide bonds. The van der Waals surface area contributed by atoms with Crippen LogP contribution in [0.25, 0.3) is 10.9 Å². The van der Waals surface area contributed by atoms with Crippen molar-refractivity contribution >= 4 is 22.5 Å². The number of nitrogens with one attached hydrogen (secondary N) is 1. The molecule has 0 saturated carbocycles. The second-order valence-corrected chi connectivity index (χ2v) is 5.67. The van der Waals surface area contributed by atoms with Crippen LogP contribution in [0.15, 0.2) is 24.4 Å². The third kappa shape index (κ3) is 2.61. The average Bonchev–Trinajstić information content (AvgIpc) is 2.90. The Balaban J connectivity index is 1.93. The number of amides is 1. The zero-order valence-electron chi connectivity index (χ0n) is 12.0. The summed E-state index contributed by atoms with van der Waals surface area (Å²) in [6, 6.07) is 5.69. The number of hydrogen-bond donors (Lipinski definition) is 3. The second-order valence-electron chi connectivity index (χ2n) is 5.67. The number of piperidine rings is 1. The number of rotatable bonds is 3. The number of carbonyl (C=O) groups excluding carboxylic acids is 1. The van der Waals surface area contributed by atoms with E-state index in [2.05, 4.69) is 4.98 Å². The topological polar surface area (TPSA) is 82.4 Å². The first-order chi connectivity index (χ1) is 10.2. The fourth-order valence-corrected chi connectivity index (χ4v) is 3.19. The molecule has 1 saturated heterocycles. The van der Waals surface area contributed by atoms with Gasteiger partial charge in [0.05, 0.1) is 5.56 Å². The Bertz CT molecular complexity index is 648. The van der Waals surface area contributed by atoms with Gasteiger partial charge in [-0.1, -0.05) is 0 Å². The Morgan fingerprint density at radius 2 is 2.29 bits per heavy atom. The SMILES string of the molecule is Nc1ccc2[nH]cc(C(=O)N3CCCCC3CCO)c2c1. The minimum atomic E-state index is 0.0324. The number of carbonyl (C=O) groups is 1. The van der Waals surface area contributed by atoms with E-state index in [1.165, 1.54) is 0 Å². The molecule has 0 aliphatic carbocycles. The summed E-state index contributed by atoms with van der Waals surface area (Å²) in [6.07, 6.45) is 5.53. The van der Waals surface area contributed by atoms with Crippen LogP contribution in [0, 0.1) is 0 Å². The van der Waals surface area contributed by atoms with Crippen molar-refractivity contribution in [3.63, 3.8) is 0 Å². The number of aromatic amines is 1. The van der Waals surface area contributed by atoms with Gasteiger partial charge in [0, 0.05) is 42.0 Å². The van der Waals surface area contributed by atoms with Crippen LogP contribution < -0.4 is 5.73 Å². The highest BCUT2D eigenvalue weighted by atomic mass is 16.3. The summed E-state index contributed by atoms with van der Waals surface area (Å²) in [5, 5.41) is 10.1. The zero-order valence-corrected chi connectivity index (χ0v) is 12.0. The predicted octanol–water partition coefficient (Wildman–Crippen LogP) is 2.13. The Hall–Kier alpha value is -2.01. The summed E-state index contributed by atoms with van der Waals surface area (Å²) in [5.41, 5.74) is 8.08. The van der Waals surface area contributed by atoms with Crippen LogP contribution >= 0.6 is 0 Å². The first kappa shape index (κ1) is 13.9. The lowest BCUT2D eigenvalue weighted by Crippen LogP contribution is -2.44. The molecule has 5 nitrogen and oxygen atoms in total. The third-order valence-electron chi connectivity index (χ3n) is 4.29. The number of nitrogens with zero attached hydrogens (tertiary/aromatic N) is 1. The van der Waals surface area contributed by atoms with Crippen molar-refractivity contribution in [2.45, 2.75) is 31.7 Å². The minimum absolute atomic E-state index is 0.0324. The number of likely N-dealkylation sites (tertiary alicyclic amines) is 1. The van der Waals surface area contributed by atoms with Crippen molar-refractivity contribution in [2.24, 2.45) is 0 Å². The van der Waals surface area contributed by atoms with E-state index in [1.54, 1.807) is 6.20 Å². The maximum absolute atomic E-state index is 12.9. The van der Waals surface area contributed by atoms with Crippen molar-refractivity contribution in [2.75, 3.05) is 18.9 Å². The quantitative estimate of drug-likeness (QED) is 0.756. The van der Waals surface area contributed by atoms with Gasteiger partial charge in [0.15, 0.2) is 0 Å². The van der Waals surface area contributed by atoms with E-state index in [-0.39, 0.29) is 18.6 Å². The lowest BCUT2D eigenvalue weighted by Gasteiger charge is -2.35. The smallest absolute Gasteiger partial charge is 0.256 e. The molecule has 1 atom stereocenters. The van der Waals surface area contributed by atoms with Gasteiger partial charge in [-0.05, 0) is 43.9 Å².